The van der Waals surface area contributed by atoms with Crippen molar-refractivity contribution in [3.63, 3.8) is 0 Å². The van der Waals surface area contributed by atoms with Crippen molar-refractivity contribution in [3.8, 4) is 0 Å². The molecule has 0 unspecified atom stereocenters. The molecule has 0 saturated heterocycles. The number of carbonyl (C=O) groups excluding carboxylic acids is 1. The van der Waals surface area contributed by atoms with Gasteiger partial charge in [0.25, 0.3) is 0 Å². The molecule has 0 aliphatic heterocycles. The van der Waals surface area contributed by atoms with E-state index >= 15 is 0 Å². The van der Waals surface area contributed by atoms with Crippen molar-refractivity contribution < 1.29 is 17.6 Å². The summed E-state index contributed by atoms with van der Waals surface area (Å²) in [6.07, 6.45) is 4.25. The summed E-state index contributed by atoms with van der Waals surface area (Å²) < 4.78 is 38.7. The number of sulfonamides is 1. The van der Waals surface area contributed by atoms with Crippen LogP contribution in [0.15, 0.2) is 29.9 Å². The molecule has 0 fully saturated rings. The van der Waals surface area contributed by atoms with E-state index in [9.17, 15) is 17.6 Å². The van der Waals surface area contributed by atoms with Gasteiger partial charge in [0.05, 0.1) is 28.7 Å². The minimum Gasteiger partial charge on any atom is -0.348 e. The minimum absolute atomic E-state index is 0.148. The van der Waals surface area contributed by atoms with Crippen molar-refractivity contribution in [2.75, 3.05) is 18.1 Å². The second-order valence-corrected chi connectivity index (χ2v) is 9.28. The van der Waals surface area contributed by atoms with E-state index in [1.165, 1.54) is 17.4 Å². The molecule has 2 N–H and O–H groups in total. The number of nitrogens with one attached hydrogen (secondary N) is 2. The van der Waals surface area contributed by atoms with E-state index in [0.29, 0.717) is 22.2 Å². The summed E-state index contributed by atoms with van der Waals surface area (Å²) in [4.78, 5) is 25.3. The molecule has 3 aromatic heterocycles. The molecule has 0 aromatic carbocycles. The van der Waals surface area contributed by atoms with Gasteiger partial charge in [-0.25, -0.2) is 27.5 Å². The summed E-state index contributed by atoms with van der Waals surface area (Å²) in [7, 11) is -3.29. The average molecular weight is 438 g/mol. The van der Waals surface area contributed by atoms with Gasteiger partial charge < -0.3 is 5.32 Å². The number of pyridine rings is 1. The number of hydrogen-bond donors (Lipinski definition) is 2. The van der Waals surface area contributed by atoms with Crippen LogP contribution in [0.4, 0.5) is 10.3 Å². The third-order valence-corrected chi connectivity index (χ3v) is 5.72. The number of halogens is 1. The molecule has 0 amide bonds. The quantitative estimate of drug-likeness (QED) is 0.391. The number of carbonyl (C=O) groups is 1. The van der Waals surface area contributed by atoms with Gasteiger partial charge in [-0.15, -0.1) is 11.3 Å². The van der Waals surface area contributed by atoms with E-state index in [-0.39, 0.29) is 36.4 Å². The lowest BCUT2D eigenvalue weighted by molar-refractivity contribution is 0.0977. The molecular formula is C18H20FN5O3S2. The second-order valence-electron chi connectivity index (χ2n) is 6.53. The van der Waals surface area contributed by atoms with Gasteiger partial charge in [0.2, 0.25) is 16.0 Å². The maximum Gasteiger partial charge on any atom is 0.224 e. The molecule has 0 saturated carbocycles. The number of hydrogen-bond acceptors (Lipinski definition) is 8. The standard InChI is InChI=1S/C18H20FN5O3S2/c1-11(12-8-13(19)10-20-9-12)22-18-23-14-5-7-28-17(14)16(24-18)15(25)4-3-6-21-29(2,26)27/h5,7-11,21H,3-4,6H2,1-2H3,(H,22,23,24)/t11-/m0/s1. The Hall–Kier alpha value is -2.50. The Labute approximate surface area is 171 Å². The number of anilines is 1. The van der Waals surface area contributed by atoms with Gasteiger partial charge in [0, 0.05) is 19.2 Å². The first kappa shape index (κ1) is 21.2. The van der Waals surface area contributed by atoms with Gasteiger partial charge in [-0.05, 0) is 36.4 Å². The summed E-state index contributed by atoms with van der Waals surface area (Å²) >= 11 is 1.37. The molecule has 3 heterocycles. The minimum atomic E-state index is -3.29. The number of nitrogens with zero attached hydrogens (tertiary/aromatic N) is 3. The van der Waals surface area contributed by atoms with E-state index in [1.807, 2.05) is 12.3 Å². The fraction of sp³-hybridized carbons (Fsp3) is 0.333. The van der Waals surface area contributed by atoms with Crippen molar-refractivity contribution in [2.24, 2.45) is 0 Å². The van der Waals surface area contributed by atoms with Crippen molar-refractivity contribution in [1.29, 1.82) is 0 Å². The van der Waals surface area contributed by atoms with Gasteiger partial charge in [-0.3, -0.25) is 9.78 Å². The normalized spacial score (nSPS) is 12.8. The molecule has 0 bridgehead atoms. The van der Waals surface area contributed by atoms with Gasteiger partial charge in [-0.2, -0.15) is 0 Å². The summed E-state index contributed by atoms with van der Waals surface area (Å²) in [5.41, 5.74) is 1.55. The summed E-state index contributed by atoms with van der Waals surface area (Å²) in [5.74, 6) is -0.382. The van der Waals surface area contributed by atoms with Crippen molar-refractivity contribution in [2.45, 2.75) is 25.8 Å². The van der Waals surface area contributed by atoms with Crippen molar-refractivity contribution >= 4 is 43.3 Å². The van der Waals surface area contributed by atoms with Crippen LogP contribution in [0.25, 0.3) is 10.2 Å². The van der Waals surface area contributed by atoms with Crippen LogP contribution in [0, 0.1) is 5.82 Å². The highest BCUT2D eigenvalue weighted by Gasteiger charge is 2.17. The fourth-order valence-electron chi connectivity index (χ4n) is 2.68. The molecule has 0 radical (unpaired) electrons. The van der Waals surface area contributed by atoms with Crippen LogP contribution < -0.4 is 10.0 Å². The lowest BCUT2D eigenvalue weighted by Crippen LogP contribution is -2.23. The lowest BCUT2D eigenvalue weighted by atomic mass is 10.1. The third kappa shape index (κ3) is 5.75. The number of ketones is 1. The van der Waals surface area contributed by atoms with Gasteiger partial charge in [0.15, 0.2) is 5.78 Å². The van der Waals surface area contributed by atoms with E-state index in [0.717, 1.165) is 12.5 Å². The van der Waals surface area contributed by atoms with Crippen LogP contribution >= 0.6 is 11.3 Å². The van der Waals surface area contributed by atoms with E-state index in [1.54, 1.807) is 12.3 Å². The van der Waals surface area contributed by atoms with Gasteiger partial charge in [0.1, 0.15) is 11.5 Å². The largest absolute Gasteiger partial charge is 0.348 e. The molecular weight excluding hydrogens is 417 g/mol. The first-order valence-electron chi connectivity index (χ1n) is 8.83. The maximum absolute atomic E-state index is 13.4. The van der Waals surface area contributed by atoms with E-state index in [2.05, 4.69) is 25.0 Å². The number of rotatable bonds is 9. The molecule has 1 atom stereocenters. The third-order valence-electron chi connectivity index (χ3n) is 4.08. The van der Waals surface area contributed by atoms with Crippen LogP contribution in [-0.4, -0.2) is 42.0 Å². The highest BCUT2D eigenvalue weighted by atomic mass is 32.2. The first-order chi connectivity index (χ1) is 13.7. The van der Waals surface area contributed by atoms with Crippen molar-refractivity contribution in [1.82, 2.24) is 19.7 Å². The van der Waals surface area contributed by atoms with Gasteiger partial charge in [-0.1, -0.05) is 0 Å². The van der Waals surface area contributed by atoms with Crippen LogP contribution in [0.1, 0.15) is 41.9 Å². The average Bonchev–Trinajstić information content (AvgIpc) is 3.12. The van der Waals surface area contributed by atoms with Crippen molar-refractivity contribution in [3.05, 3.63) is 47.0 Å². The predicted molar refractivity (Wildman–Crippen MR) is 110 cm³/mol. The Kier molecular flexibility index (Phi) is 6.50. The molecule has 3 aromatic rings. The predicted octanol–water partition coefficient (Wildman–Crippen LogP) is 2.91. The van der Waals surface area contributed by atoms with E-state index < -0.39 is 15.8 Å². The van der Waals surface area contributed by atoms with Gasteiger partial charge >= 0.3 is 0 Å². The Bertz CT molecular complexity index is 1130. The zero-order chi connectivity index (χ0) is 21.0. The molecule has 0 aliphatic carbocycles. The molecule has 154 valence electrons. The Balaban J connectivity index is 1.77. The SMILES string of the molecule is C[C@H](Nc1nc(C(=O)CCCNS(C)(=O)=O)c2sccc2n1)c1cncc(F)c1. The number of Topliss-reactive ketones (excluding diaryl/α,β-unsaturated/α-hetero) is 1. The number of aromatic nitrogens is 3. The molecule has 29 heavy (non-hydrogen) atoms. The lowest BCUT2D eigenvalue weighted by Gasteiger charge is -2.14. The van der Waals surface area contributed by atoms with Crippen LogP contribution in [-0.2, 0) is 10.0 Å². The van der Waals surface area contributed by atoms with E-state index in [4.69, 9.17) is 0 Å². The molecule has 0 spiro atoms. The summed E-state index contributed by atoms with van der Waals surface area (Å²) in [6.45, 7) is 1.99. The van der Waals surface area contributed by atoms with Crippen LogP contribution in [0.3, 0.4) is 0 Å². The highest BCUT2D eigenvalue weighted by molar-refractivity contribution is 7.88. The number of fused-ring (bicyclic) bond motifs is 1. The first-order valence-corrected chi connectivity index (χ1v) is 11.6. The molecule has 0 aliphatic rings. The van der Waals surface area contributed by atoms with Crippen LogP contribution in [0.5, 0.6) is 0 Å². The molecule has 11 heteroatoms. The maximum atomic E-state index is 13.4. The Morgan fingerprint density at radius 1 is 1.31 bits per heavy atom. The Morgan fingerprint density at radius 3 is 2.83 bits per heavy atom. The zero-order valence-electron chi connectivity index (χ0n) is 15.8. The Morgan fingerprint density at radius 2 is 2.10 bits per heavy atom. The smallest absolute Gasteiger partial charge is 0.224 e. The topological polar surface area (TPSA) is 114 Å². The second kappa shape index (κ2) is 8.89. The molecule has 8 nitrogen and oxygen atoms in total. The summed E-state index contributed by atoms with van der Waals surface area (Å²) in [6, 6.07) is 2.84. The monoisotopic (exact) mass is 437 g/mol. The number of thiophene rings is 1. The summed E-state index contributed by atoms with van der Waals surface area (Å²) in [5, 5.41) is 4.91. The zero-order valence-corrected chi connectivity index (χ0v) is 17.5. The van der Waals surface area contributed by atoms with Crippen LogP contribution in [0.2, 0.25) is 0 Å². The highest BCUT2D eigenvalue weighted by Crippen LogP contribution is 2.26. The fourth-order valence-corrected chi connectivity index (χ4v) is 4.04. The molecule has 3 rings (SSSR count).